The highest BCUT2D eigenvalue weighted by molar-refractivity contribution is 9.10. The Hall–Kier alpha value is -2.99. The molecule has 25 heavy (non-hydrogen) atoms. The fourth-order valence-electron chi connectivity index (χ4n) is 2.48. The summed E-state index contributed by atoms with van der Waals surface area (Å²) in [4.78, 5) is 27.4. The van der Waals surface area contributed by atoms with Gasteiger partial charge in [-0.3, -0.25) is 19.5 Å². The number of ether oxygens (including phenoxy) is 1. The Balaban J connectivity index is 2.34. The van der Waals surface area contributed by atoms with Crippen molar-refractivity contribution in [1.29, 1.82) is 5.26 Å². The van der Waals surface area contributed by atoms with Gasteiger partial charge < -0.3 is 4.74 Å². The fraction of sp³-hybridized carbons (Fsp3) is 0.188. The molecule has 9 heteroatoms. The Bertz CT molecular complexity index is 1030. The van der Waals surface area contributed by atoms with Gasteiger partial charge in [0.05, 0.1) is 22.1 Å². The number of hydrogen-bond acceptors (Lipinski definition) is 6. The van der Waals surface area contributed by atoms with E-state index >= 15 is 0 Å². The first-order valence-electron chi connectivity index (χ1n) is 7.12. The zero-order chi connectivity index (χ0) is 18.4. The molecule has 0 atom stereocenters. The summed E-state index contributed by atoms with van der Waals surface area (Å²) in [5.41, 5.74) is -1.62. The lowest BCUT2D eigenvalue weighted by Crippen LogP contribution is -2.38. The van der Waals surface area contributed by atoms with Crippen molar-refractivity contribution in [2.24, 2.45) is 4.99 Å². The van der Waals surface area contributed by atoms with E-state index in [1.54, 1.807) is 26.0 Å². The summed E-state index contributed by atoms with van der Waals surface area (Å²) < 4.78 is 7.20. The number of nitriles is 1. The number of nitro groups is 1. The van der Waals surface area contributed by atoms with Crippen molar-refractivity contribution in [3.05, 3.63) is 66.5 Å². The van der Waals surface area contributed by atoms with Crippen LogP contribution in [-0.2, 0) is 0 Å². The fourth-order valence-corrected chi connectivity index (χ4v) is 2.90. The van der Waals surface area contributed by atoms with E-state index in [1.807, 2.05) is 6.07 Å². The van der Waals surface area contributed by atoms with Crippen LogP contribution in [0, 0.1) is 21.4 Å². The number of nitrogens with zero attached hydrogens (tertiary/aromatic N) is 4. The van der Waals surface area contributed by atoms with Crippen LogP contribution in [0.1, 0.15) is 25.0 Å². The predicted molar refractivity (Wildman–Crippen MR) is 92.9 cm³/mol. The second-order valence-electron chi connectivity index (χ2n) is 5.78. The normalized spacial score (nSPS) is 14.7. The minimum Gasteiger partial charge on any atom is -0.466 e. The van der Waals surface area contributed by atoms with Crippen LogP contribution in [0.25, 0.3) is 0 Å². The summed E-state index contributed by atoms with van der Waals surface area (Å²) in [5.74, 6) is 0.612. The van der Waals surface area contributed by atoms with Crippen molar-refractivity contribution < 1.29 is 9.66 Å². The minimum absolute atomic E-state index is 0.178. The van der Waals surface area contributed by atoms with Crippen LogP contribution in [0.5, 0.6) is 5.75 Å². The van der Waals surface area contributed by atoms with Crippen LogP contribution in [-0.4, -0.2) is 21.1 Å². The van der Waals surface area contributed by atoms with Crippen LogP contribution in [0.2, 0.25) is 0 Å². The van der Waals surface area contributed by atoms with Gasteiger partial charge in [-0.1, -0.05) is 0 Å². The maximum Gasteiger partial charge on any atom is 0.335 e. The highest BCUT2D eigenvalue weighted by atomic mass is 79.9. The first-order valence-corrected chi connectivity index (χ1v) is 7.91. The van der Waals surface area contributed by atoms with Crippen LogP contribution in [0.4, 0.5) is 5.69 Å². The molecule has 0 bridgehead atoms. The molecule has 0 unspecified atom stereocenters. The Labute approximate surface area is 150 Å². The van der Waals surface area contributed by atoms with Gasteiger partial charge in [-0.15, -0.1) is 0 Å². The summed E-state index contributed by atoms with van der Waals surface area (Å²) in [5, 5.41) is 20.3. The standard InChI is InChI=1S/C16H11BrN4O4/c1-16(2)19-14(11-5-9(7-18)3-4-13(11)25-16)20-8-10(17)6-12(15(20)22)21(23)24/h3-6,8H,1-2H3. The van der Waals surface area contributed by atoms with E-state index in [0.29, 0.717) is 21.3 Å². The van der Waals surface area contributed by atoms with Crippen LogP contribution in [0.3, 0.4) is 0 Å². The quantitative estimate of drug-likeness (QED) is 0.537. The Morgan fingerprint density at radius 2 is 2.12 bits per heavy atom. The van der Waals surface area contributed by atoms with Crippen molar-refractivity contribution in [3.63, 3.8) is 0 Å². The lowest BCUT2D eigenvalue weighted by atomic mass is 10.1. The van der Waals surface area contributed by atoms with E-state index in [1.165, 1.54) is 12.3 Å². The number of hydrogen-bond donors (Lipinski definition) is 0. The molecule has 1 aliphatic rings. The molecule has 0 radical (unpaired) electrons. The van der Waals surface area contributed by atoms with E-state index in [9.17, 15) is 14.9 Å². The molecule has 0 N–H and O–H groups in total. The number of halogens is 1. The lowest BCUT2D eigenvalue weighted by molar-refractivity contribution is -0.386. The Kier molecular flexibility index (Phi) is 3.93. The third-order valence-electron chi connectivity index (χ3n) is 3.47. The summed E-state index contributed by atoms with van der Waals surface area (Å²) in [6.45, 7) is 3.40. The second-order valence-corrected chi connectivity index (χ2v) is 6.70. The Morgan fingerprint density at radius 1 is 1.40 bits per heavy atom. The summed E-state index contributed by atoms with van der Waals surface area (Å²) in [6.07, 6.45) is 1.40. The summed E-state index contributed by atoms with van der Waals surface area (Å²) >= 11 is 3.18. The SMILES string of the molecule is CC1(C)N=C(n2cc(Br)cc([N+](=O)[O-])c2=O)c2cc(C#N)ccc2O1. The largest absolute Gasteiger partial charge is 0.466 e. The third-order valence-corrected chi connectivity index (χ3v) is 3.91. The molecular weight excluding hydrogens is 392 g/mol. The lowest BCUT2D eigenvalue weighted by Gasteiger charge is -2.30. The van der Waals surface area contributed by atoms with E-state index in [2.05, 4.69) is 20.9 Å². The molecule has 0 amide bonds. The van der Waals surface area contributed by atoms with Crippen LogP contribution in [0.15, 0.2) is 44.7 Å². The molecule has 0 spiro atoms. The molecule has 8 nitrogen and oxygen atoms in total. The molecule has 3 rings (SSSR count). The second kappa shape index (κ2) is 5.82. The van der Waals surface area contributed by atoms with Gasteiger partial charge in [0.1, 0.15) is 11.6 Å². The first kappa shape index (κ1) is 16.9. The van der Waals surface area contributed by atoms with Crippen LogP contribution >= 0.6 is 15.9 Å². The molecule has 1 aromatic heterocycles. The maximum atomic E-state index is 12.6. The number of rotatable bonds is 1. The van der Waals surface area contributed by atoms with Crippen molar-refractivity contribution in [1.82, 2.24) is 4.57 Å². The molecular formula is C16H11BrN4O4. The van der Waals surface area contributed by atoms with Crippen LogP contribution < -0.4 is 10.3 Å². The summed E-state index contributed by atoms with van der Waals surface area (Å²) in [6, 6.07) is 7.88. The van der Waals surface area contributed by atoms with Gasteiger partial charge in [0.15, 0.2) is 5.72 Å². The number of benzene rings is 1. The van der Waals surface area contributed by atoms with Gasteiger partial charge in [0, 0.05) is 16.7 Å². The molecule has 126 valence electrons. The average molecular weight is 403 g/mol. The molecule has 0 saturated carbocycles. The first-order chi connectivity index (χ1) is 11.7. The number of pyridine rings is 1. The molecule has 2 aromatic rings. The summed E-state index contributed by atoms with van der Waals surface area (Å²) in [7, 11) is 0. The topological polar surface area (TPSA) is 111 Å². The van der Waals surface area contributed by atoms with Gasteiger partial charge in [-0.2, -0.15) is 5.26 Å². The smallest absolute Gasteiger partial charge is 0.335 e. The van der Waals surface area contributed by atoms with Crippen molar-refractivity contribution in [2.75, 3.05) is 0 Å². The number of fused-ring (bicyclic) bond motifs is 1. The molecule has 0 fully saturated rings. The number of aromatic nitrogens is 1. The van der Waals surface area contributed by atoms with Crippen molar-refractivity contribution in [2.45, 2.75) is 19.6 Å². The third kappa shape index (κ3) is 3.04. The van der Waals surface area contributed by atoms with Crippen molar-refractivity contribution >= 4 is 27.5 Å². The van der Waals surface area contributed by atoms with E-state index in [0.717, 1.165) is 10.6 Å². The van der Waals surface area contributed by atoms with Crippen molar-refractivity contribution in [3.8, 4) is 11.8 Å². The van der Waals surface area contributed by atoms with Gasteiger partial charge in [0.2, 0.25) is 0 Å². The molecule has 1 aromatic carbocycles. The molecule has 1 aliphatic heterocycles. The molecule has 2 heterocycles. The van der Waals surface area contributed by atoms with E-state index in [4.69, 9.17) is 10.00 Å². The van der Waals surface area contributed by atoms with Gasteiger partial charge in [-0.25, -0.2) is 4.99 Å². The van der Waals surface area contributed by atoms with Gasteiger partial charge >= 0.3 is 11.2 Å². The van der Waals surface area contributed by atoms with Gasteiger partial charge in [0.25, 0.3) is 0 Å². The molecule has 0 saturated heterocycles. The zero-order valence-electron chi connectivity index (χ0n) is 13.2. The maximum absolute atomic E-state index is 12.6. The van der Waals surface area contributed by atoms with E-state index < -0.39 is 21.9 Å². The monoisotopic (exact) mass is 402 g/mol. The Morgan fingerprint density at radius 3 is 2.76 bits per heavy atom. The average Bonchev–Trinajstić information content (AvgIpc) is 2.54. The van der Waals surface area contributed by atoms with E-state index in [-0.39, 0.29) is 5.84 Å². The molecule has 0 aliphatic carbocycles. The zero-order valence-corrected chi connectivity index (χ0v) is 14.8. The number of aliphatic imine (C=N–C) groups is 1. The predicted octanol–water partition coefficient (Wildman–Crippen LogP) is 2.81. The van der Waals surface area contributed by atoms with Gasteiger partial charge in [-0.05, 0) is 48.0 Å². The minimum atomic E-state index is -0.979. The highest BCUT2D eigenvalue weighted by Crippen LogP contribution is 2.31. The highest BCUT2D eigenvalue weighted by Gasteiger charge is 2.31.